The Morgan fingerprint density at radius 3 is 2.69 bits per heavy atom. The van der Waals surface area contributed by atoms with Gasteiger partial charge in [-0.05, 0) is 50.2 Å². The number of carbonyl (C=O) groups excluding carboxylic acids is 1. The first-order valence-corrected chi connectivity index (χ1v) is 13.4. The molecule has 0 spiro atoms. The highest BCUT2D eigenvalue weighted by atomic mass is 19.4. The highest BCUT2D eigenvalue weighted by Gasteiger charge is 2.36. The predicted molar refractivity (Wildman–Crippen MR) is 139 cm³/mol. The van der Waals surface area contributed by atoms with Crippen molar-refractivity contribution in [1.82, 2.24) is 25.0 Å². The molecule has 2 aliphatic rings. The summed E-state index contributed by atoms with van der Waals surface area (Å²) in [6, 6.07) is 8.69. The maximum atomic E-state index is 15.7. The summed E-state index contributed by atoms with van der Waals surface area (Å²) in [5.41, 5.74) is 1.64. The zero-order valence-electron chi connectivity index (χ0n) is 21.9. The Labute approximate surface area is 224 Å². The van der Waals surface area contributed by atoms with Gasteiger partial charge in [-0.2, -0.15) is 18.3 Å². The highest BCUT2D eigenvalue weighted by molar-refractivity contribution is 6.05. The fourth-order valence-electron chi connectivity index (χ4n) is 5.57. The minimum atomic E-state index is -4.41. The monoisotopic (exact) mass is 547 g/mol. The number of pyridine rings is 1. The molecule has 210 valence electrons. The molecule has 2 aromatic heterocycles. The Kier molecular flexibility index (Phi) is 7.80. The van der Waals surface area contributed by atoms with Crippen molar-refractivity contribution in [2.45, 2.75) is 62.8 Å². The maximum absolute atomic E-state index is 15.7. The second-order valence-corrected chi connectivity index (χ2v) is 10.7. The normalized spacial score (nSPS) is 22.3. The zero-order valence-corrected chi connectivity index (χ0v) is 21.9. The van der Waals surface area contributed by atoms with Crippen LogP contribution < -0.4 is 10.1 Å². The van der Waals surface area contributed by atoms with Crippen LogP contribution in [0.25, 0.3) is 10.9 Å². The molecule has 3 aromatic rings. The van der Waals surface area contributed by atoms with Crippen LogP contribution >= 0.6 is 0 Å². The standard InChI is InChI=1S/C28H33F4N5O2/c1-36-17-20-3-2-4-22(25(20)35-36)26(38)33-21-7-11-27(29,12-8-21)13-16-37-14-9-19-5-6-24(34-23(19)10-15-37)39-18-28(30,31)32/h2-6,17,21H,7-16,18H2,1H3,(H,33,38). The van der Waals surface area contributed by atoms with E-state index in [1.54, 1.807) is 16.8 Å². The smallest absolute Gasteiger partial charge is 0.422 e. The molecule has 1 saturated carbocycles. The van der Waals surface area contributed by atoms with Gasteiger partial charge in [0.05, 0.1) is 5.56 Å². The SMILES string of the molecule is Cn1cc2cccc(C(=O)NC3CCC(F)(CCN4CCc5ccc(OCC(F)(F)F)nc5CC4)CC3)c2n1. The molecule has 1 amide bonds. The average molecular weight is 548 g/mol. The summed E-state index contributed by atoms with van der Waals surface area (Å²) >= 11 is 0. The van der Waals surface area contributed by atoms with E-state index in [2.05, 4.69) is 20.3 Å². The summed E-state index contributed by atoms with van der Waals surface area (Å²) in [7, 11) is 1.82. The number of nitrogens with one attached hydrogen (secondary N) is 1. The zero-order chi connectivity index (χ0) is 27.6. The van der Waals surface area contributed by atoms with Gasteiger partial charge in [-0.25, -0.2) is 9.37 Å². The molecule has 3 heterocycles. The lowest BCUT2D eigenvalue weighted by Gasteiger charge is -2.35. The van der Waals surface area contributed by atoms with Crippen molar-refractivity contribution in [2.24, 2.45) is 7.05 Å². The number of aromatic nitrogens is 3. The van der Waals surface area contributed by atoms with Crippen molar-refractivity contribution >= 4 is 16.8 Å². The Hall–Kier alpha value is -3.21. The summed E-state index contributed by atoms with van der Waals surface area (Å²) in [6.45, 7) is 0.636. The van der Waals surface area contributed by atoms with E-state index in [-0.39, 0.29) is 17.8 Å². The molecule has 0 unspecified atom stereocenters. The average Bonchev–Trinajstić information content (AvgIpc) is 3.16. The Morgan fingerprint density at radius 1 is 1.15 bits per heavy atom. The number of fused-ring (bicyclic) bond motifs is 2. The molecule has 0 saturated heterocycles. The summed E-state index contributed by atoms with van der Waals surface area (Å²) in [5, 5.41) is 8.38. The lowest BCUT2D eigenvalue weighted by molar-refractivity contribution is -0.154. The Balaban J connectivity index is 1.09. The van der Waals surface area contributed by atoms with Crippen LogP contribution in [0.4, 0.5) is 17.6 Å². The van der Waals surface area contributed by atoms with Crippen molar-refractivity contribution in [3.63, 3.8) is 0 Å². The number of ether oxygens (including phenoxy) is 1. The van der Waals surface area contributed by atoms with Gasteiger partial charge in [-0.1, -0.05) is 18.2 Å². The van der Waals surface area contributed by atoms with Gasteiger partial charge in [0, 0.05) is 62.5 Å². The molecule has 39 heavy (non-hydrogen) atoms. The number of aryl methyl sites for hydroxylation is 1. The molecule has 5 rings (SSSR count). The third kappa shape index (κ3) is 6.87. The van der Waals surface area contributed by atoms with Crippen molar-refractivity contribution in [1.29, 1.82) is 0 Å². The van der Waals surface area contributed by atoms with Crippen LogP contribution in [0, 0.1) is 0 Å². The quantitative estimate of drug-likeness (QED) is 0.431. The van der Waals surface area contributed by atoms with Gasteiger partial charge in [0.25, 0.3) is 5.91 Å². The van der Waals surface area contributed by atoms with Gasteiger partial charge in [-0.3, -0.25) is 9.48 Å². The van der Waals surface area contributed by atoms with Crippen LogP contribution in [0.3, 0.4) is 0 Å². The van der Waals surface area contributed by atoms with Crippen molar-refractivity contribution in [2.75, 3.05) is 26.2 Å². The van der Waals surface area contributed by atoms with Crippen LogP contribution in [-0.2, 0) is 19.9 Å². The second kappa shape index (κ2) is 11.1. The van der Waals surface area contributed by atoms with Crippen LogP contribution in [0.15, 0.2) is 36.5 Å². The summed E-state index contributed by atoms with van der Waals surface area (Å²) in [5.74, 6) is -0.205. The van der Waals surface area contributed by atoms with Gasteiger partial charge in [0.1, 0.15) is 11.2 Å². The minimum absolute atomic E-state index is 0.0252. The number of carbonyl (C=O) groups is 1. The molecule has 0 atom stereocenters. The molecular formula is C28H33F4N5O2. The van der Waals surface area contributed by atoms with E-state index in [0.717, 1.165) is 23.2 Å². The van der Waals surface area contributed by atoms with Crippen molar-refractivity contribution < 1.29 is 27.1 Å². The summed E-state index contributed by atoms with van der Waals surface area (Å²) in [6.07, 6.45) is 1.09. The van der Waals surface area contributed by atoms with E-state index >= 15 is 4.39 Å². The van der Waals surface area contributed by atoms with Crippen molar-refractivity contribution in [3.05, 3.63) is 53.3 Å². The molecular weight excluding hydrogens is 514 g/mol. The molecule has 0 bridgehead atoms. The first kappa shape index (κ1) is 27.4. The van der Waals surface area contributed by atoms with Crippen LogP contribution in [0.1, 0.15) is 53.7 Å². The van der Waals surface area contributed by atoms with Crippen molar-refractivity contribution in [3.8, 4) is 5.88 Å². The molecule has 1 aromatic carbocycles. The maximum Gasteiger partial charge on any atom is 0.422 e. The minimum Gasteiger partial charge on any atom is -0.468 e. The second-order valence-electron chi connectivity index (χ2n) is 10.7. The first-order valence-electron chi connectivity index (χ1n) is 13.4. The van der Waals surface area contributed by atoms with Gasteiger partial charge in [-0.15, -0.1) is 0 Å². The van der Waals surface area contributed by atoms with Gasteiger partial charge in [0.15, 0.2) is 6.61 Å². The van der Waals surface area contributed by atoms with Gasteiger partial charge < -0.3 is 15.0 Å². The lowest BCUT2D eigenvalue weighted by Crippen LogP contribution is -2.43. The van der Waals surface area contributed by atoms with Crippen LogP contribution in [0.5, 0.6) is 5.88 Å². The molecule has 1 aliphatic carbocycles. The third-order valence-corrected chi connectivity index (χ3v) is 7.78. The van der Waals surface area contributed by atoms with E-state index in [4.69, 9.17) is 4.74 Å². The fourth-order valence-corrected chi connectivity index (χ4v) is 5.57. The Bertz CT molecular complexity index is 1320. The van der Waals surface area contributed by atoms with Gasteiger partial charge >= 0.3 is 6.18 Å². The van der Waals surface area contributed by atoms with Crippen LogP contribution in [0.2, 0.25) is 0 Å². The topological polar surface area (TPSA) is 72.3 Å². The molecule has 1 fully saturated rings. The number of rotatable bonds is 7. The predicted octanol–water partition coefficient (Wildman–Crippen LogP) is 4.78. The molecule has 11 heteroatoms. The summed E-state index contributed by atoms with van der Waals surface area (Å²) in [4.78, 5) is 19.4. The van der Waals surface area contributed by atoms with E-state index in [0.29, 0.717) is 69.1 Å². The molecule has 7 nitrogen and oxygen atoms in total. The van der Waals surface area contributed by atoms with E-state index in [1.807, 2.05) is 25.4 Å². The number of hydrogen-bond donors (Lipinski definition) is 1. The number of hydrogen-bond acceptors (Lipinski definition) is 5. The van der Waals surface area contributed by atoms with Gasteiger partial charge in [0.2, 0.25) is 5.88 Å². The first-order chi connectivity index (χ1) is 18.6. The molecule has 1 N–H and O–H groups in total. The number of benzene rings is 1. The number of halogens is 4. The lowest BCUT2D eigenvalue weighted by atomic mass is 9.81. The third-order valence-electron chi connectivity index (χ3n) is 7.78. The summed E-state index contributed by atoms with van der Waals surface area (Å²) < 4.78 is 59.5. The molecule has 1 aliphatic heterocycles. The van der Waals surface area contributed by atoms with E-state index in [1.165, 1.54) is 6.07 Å². The van der Waals surface area contributed by atoms with Crippen LogP contribution in [-0.4, -0.2) is 69.7 Å². The number of alkyl halides is 4. The Morgan fingerprint density at radius 2 is 1.92 bits per heavy atom. The van der Waals surface area contributed by atoms with E-state index < -0.39 is 18.5 Å². The molecule has 0 radical (unpaired) electrons. The number of nitrogens with zero attached hydrogens (tertiary/aromatic N) is 4. The largest absolute Gasteiger partial charge is 0.468 e. The van der Waals surface area contributed by atoms with E-state index in [9.17, 15) is 18.0 Å². The highest BCUT2D eigenvalue weighted by Crippen LogP contribution is 2.35. The number of amides is 1. The fraction of sp³-hybridized carbons (Fsp3) is 0.536.